The Morgan fingerprint density at radius 1 is 1.30 bits per heavy atom. The van der Waals surface area contributed by atoms with Gasteiger partial charge >= 0.3 is 0 Å². The molecule has 0 bridgehead atoms. The molecular weight excluding hydrogens is 440 g/mol. The van der Waals surface area contributed by atoms with Crippen LogP contribution in [0.2, 0.25) is 0 Å². The number of rotatable bonds is 10. The van der Waals surface area contributed by atoms with Crippen LogP contribution in [0.4, 0.5) is 0 Å². The van der Waals surface area contributed by atoms with Crippen LogP contribution in [-0.4, -0.2) is 69.8 Å². The predicted octanol–water partition coefficient (Wildman–Crippen LogP) is 2.32. The van der Waals surface area contributed by atoms with E-state index < -0.39 is 0 Å². The molecule has 1 aliphatic rings. The lowest BCUT2D eigenvalue weighted by molar-refractivity contribution is -0.119. The van der Waals surface area contributed by atoms with E-state index in [2.05, 4.69) is 60.2 Å². The fourth-order valence-electron chi connectivity index (χ4n) is 3.67. The number of nitrogens with two attached hydrogens (primary N) is 1. The Balaban J connectivity index is 1.50. The number of carbonyl (C=O) groups excluding carboxylic acids is 1. The quantitative estimate of drug-likeness (QED) is 0.397. The van der Waals surface area contributed by atoms with Crippen molar-refractivity contribution in [1.82, 2.24) is 25.1 Å². The Morgan fingerprint density at radius 3 is 2.73 bits per heavy atom. The van der Waals surface area contributed by atoms with Crippen LogP contribution in [0.1, 0.15) is 50.6 Å². The molecule has 0 aliphatic carbocycles. The Bertz CT molecular complexity index is 940. The molecule has 1 aliphatic heterocycles. The van der Waals surface area contributed by atoms with E-state index in [1.807, 2.05) is 13.0 Å². The van der Waals surface area contributed by atoms with Gasteiger partial charge in [0.1, 0.15) is 12.4 Å². The molecule has 1 fully saturated rings. The van der Waals surface area contributed by atoms with E-state index in [0.717, 1.165) is 43.2 Å². The first kappa shape index (κ1) is 25.3. The number of benzene rings is 1. The summed E-state index contributed by atoms with van der Waals surface area (Å²) in [4.78, 5) is 14.7. The zero-order valence-corrected chi connectivity index (χ0v) is 21.1. The predicted molar refractivity (Wildman–Crippen MR) is 130 cm³/mol. The van der Waals surface area contributed by atoms with Gasteiger partial charge in [-0.2, -0.15) is 0 Å². The molecule has 1 aromatic carbocycles. The van der Waals surface area contributed by atoms with Gasteiger partial charge in [-0.1, -0.05) is 37.7 Å². The maximum absolute atomic E-state index is 12.4. The number of aromatic nitrogens is 3. The number of thioether (sulfide) groups is 1. The first-order valence-electron chi connectivity index (χ1n) is 11.3. The summed E-state index contributed by atoms with van der Waals surface area (Å²) in [5.41, 5.74) is 2.13. The number of aryl methyl sites for hydroxylation is 1. The minimum atomic E-state index is -0.132. The van der Waals surface area contributed by atoms with Crippen molar-refractivity contribution in [2.75, 3.05) is 44.4 Å². The number of hydrogen-bond donors (Lipinski definition) is 2. The zero-order chi connectivity index (χ0) is 24.0. The highest BCUT2D eigenvalue weighted by Crippen LogP contribution is 2.28. The van der Waals surface area contributed by atoms with Crippen molar-refractivity contribution in [3.8, 4) is 5.75 Å². The minimum absolute atomic E-state index is 0.0662. The van der Waals surface area contributed by atoms with Gasteiger partial charge in [0.2, 0.25) is 11.1 Å². The molecular formula is C23H36N6O3S. The van der Waals surface area contributed by atoms with Crippen LogP contribution in [-0.2, 0) is 16.1 Å². The molecule has 9 nitrogen and oxygen atoms in total. The number of nitrogens with zero attached hydrogens (tertiary/aromatic N) is 4. The molecule has 0 radical (unpaired) electrons. The average molecular weight is 477 g/mol. The van der Waals surface area contributed by atoms with Crippen LogP contribution in [0.5, 0.6) is 5.75 Å². The lowest BCUT2D eigenvalue weighted by Crippen LogP contribution is -2.55. The first-order valence-corrected chi connectivity index (χ1v) is 12.3. The molecule has 1 saturated heterocycles. The number of morpholine rings is 1. The largest absolute Gasteiger partial charge is 0.485 e. The van der Waals surface area contributed by atoms with Crippen molar-refractivity contribution in [2.24, 2.45) is 0 Å². The van der Waals surface area contributed by atoms with Gasteiger partial charge in [-0.25, -0.2) is 4.68 Å². The second-order valence-electron chi connectivity index (χ2n) is 9.23. The summed E-state index contributed by atoms with van der Waals surface area (Å²) in [5.74, 6) is 7.98. The Kier molecular flexibility index (Phi) is 8.61. The summed E-state index contributed by atoms with van der Waals surface area (Å²) < 4.78 is 12.8. The van der Waals surface area contributed by atoms with Gasteiger partial charge in [-0.05, 0) is 43.9 Å². The van der Waals surface area contributed by atoms with Crippen molar-refractivity contribution < 1.29 is 14.3 Å². The van der Waals surface area contributed by atoms with E-state index in [9.17, 15) is 4.79 Å². The fourth-order valence-corrected chi connectivity index (χ4v) is 4.37. The first-order chi connectivity index (χ1) is 15.7. The molecule has 0 spiro atoms. The number of hydrogen-bond acceptors (Lipinski definition) is 8. The zero-order valence-electron chi connectivity index (χ0n) is 20.3. The van der Waals surface area contributed by atoms with Gasteiger partial charge < -0.3 is 20.6 Å². The molecule has 3 rings (SSSR count). The normalized spacial score (nSPS) is 15.1. The van der Waals surface area contributed by atoms with E-state index in [-0.39, 0.29) is 23.8 Å². The number of nitrogens with one attached hydrogen (secondary N) is 1. The van der Waals surface area contributed by atoms with Crippen LogP contribution in [0, 0.1) is 6.92 Å². The SMILES string of the molecule is Cc1ccc(C(C)C)c(OCc2nnc(SCC(=O)NCC(C)(C)N3CCOCC3)n2N)c1. The van der Waals surface area contributed by atoms with Crippen LogP contribution < -0.4 is 15.9 Å². The summed E-state index contributed by atoms with van der Waals surface area (Å²) in [5, 5.41) is 11.8. The van der Waals surface area contributed by atoms with Crippen molar-refractivity contribution in [1.29, 1.82) is 0 Å². The Morgan fingerprint density at radius 2 is 2.03 bits per heavy atom. The van der Waals surface area contributed by atoms with Crippen molar-refractivity contribution >= 4 is 17.7 Å². The third-order valence-corrected chi connectivity index (χ3v) is 6.74. The maximum Gasteiger partial charge on any atom is 0.230 e. The van der Waals surface area contributed by atoms with Crippen molar-refractivity contribution in [2.45, 2.75) is 57.8 Å². The van der Waals surface area contributed by atoms with E-state index in [1.54, 1.807) is 0 Å². The molecule has 0 unspecified atom stereocenters. The van der Waals surface area contributed by atoms with Crippen LogP contribution in [0.25, 0.3) is 0 Å². The fraction of sp³-hybridized carbons (Fsp3) is 0.609. The third kappa shape index (κ3) is 6.84. The highest BCUT2D eigenvalue weighted by molar-refractivity contribution is 7.99. The van der Waals surface area contributed by atoms with Gasteiger partial charge in [0.15, 0.2) is 5.82 Å². The van der Waals surface area contributed by atoms with E-state index in [4.69, 9.17) is 15.3 Å². The van der Waals surface area contributed by atoms with Crippen LogP contribution in [0.3, 0.4) is 0 Å². The highest BCUT2D eigenvalue weighted by Gasteiger charge is 2.28. The molecule has 0 atom stereocenters. The number of carbonyl (C=O) groups is 1. The monoisotopic (exact) mass is 476 g/mol. The lowest BCUT2D eigenvalue weighted by atomic mass is 10.0. The third-order valence-electron chi connectivity index (χ3n) is 5.80. The summed E-state index contributed by atoms with van der Waals surface area (Å²) >= 11 is 1.26. The molecule has 1 aromatic heterocycles. The van der Waals surface area contributed by atoms with Crippen molar-refractivity contribution in [3.05, 3.63) is 35.2 Å². The molecule has 1 amide bonds. The van der Waals surface area contributed by atoms with Gasteiger partial charge in [-0.3, -0.25) is 9.69 Å². The summed E-state index contributed by atoms with van der Waals surface area (Å²) in [6.45, 7) is 14.5. The number of ether oxygens (including phenoxy) is 2. The maximum atomic E-state index is 12.4. The van der Waals surface area contributed by atoms with Gasteiger partial charge in [0.25, 0.3) is 0 Å². The number of amides is 1. The molecule has 10 heteroatoms. The van der Waals surface area contributed by atoms with E-state index in [1.165, 1.54) is 16.4 Å². The molecule has 182 valence electrons. The second-order valence-corrected chi connectivity index (χ2v) is 10.2. The second kappa shape index (κ2) is 11.2. The topological polar surface area (TPSA) is 108 Å². The smallest absolute Gasteiger partial charge is 0.230 e. The van der Waals surface area contributed by atoms with Gasteiger partial charge in [-0.15, -0.1) is 10.2 Å². The van der Waals surface area contributed by atoms with Crippen LogP contribution >= 0.6 is 11.8 Å². The van der Waals surface area contributed by atoms with E-state index >= 15 is 0 Å². The standard InChI is InChI=1S/C23H36N6O3S/c1-16(2)18-7-6-17(3)12-19(18)32-13-20-26-27-22(29(20)24)33-14-21(30)25-15-23(4,5)28-8-10-31-11-9-28/h6-7,12,16H,8-11,13-15,24H2,1-5H3,(H,25,30). The lowest BCUT2D eigenvalue weighted by Gasteiger charge is -2.40. The molecule has 0 saturated carbocycles. The number of nitrogen functional groups attached to an aromatic ring is 1. The Hall–Kier alpha value is -2.30. The summed E-state index contributed by atoms with van der Waals surface area (Å²) in [7, 11) is 0. The highest BCUT2D eigenvalue weighted by atomic mass is 32.2. The van der Waals surface area contributed by atoms with Gasteiger partial charge in [0.05, 0.1) is 19.0 Å². The minimum Gasteiger partial charge on any atom is -0.485 e. The molecule has 2 aromatic rings. The van der Waals surface area contributed by atoms with Crippen LogP contribution in [0.15, 0.2) is 23.4 Å². The van der Waals surface area contributed by atoms with Gasteiger partial charge in [0, 0.05) is 25.2 Å². The molecule has 2 heterocycles. The van der Waals surface area contributed by atoms with Crippen molar-refractivity contribution in [3.63, 3.8) is 0 Å². The summed E-state index contributed by atoms with van der Waals surface area (Å²) in [6.07, 6.45) is 0. The average Bonchev–Trinajstić information content (AvgIpc) is 3.14. The summed E-state index contributed by atoms with van der Waals surface area (Å²) in [6, 6.07) is 6.18. The molecule has 33 heavy (non-hydrogen) atoms. The van der Waals surface area contributed by atoms with E-state index in [0.29, 0.717) is 23.4 Å². The molecule has 3 N–H and O–H groups in total. The Labute approximate surface area is 200 Å².